The quantitative estimate of drug-likeness (QED) is 0.839. The normalized spacial score (nSPS) is 15.9. The Morgan fingerprint density at radius 1 is 1.00 bits per heavy atom. The number of anilines is 1. The van der Waals surface area contributed by atoms with Crippen molar-refractivity contribution in [2.24, 2.45) is 0 Å². The number of rotatable bonds is 4. The number of fused-ring (bicyclic) bond motifs is 1. The molecule has 0 aromatic heterocycles. The van der Waals surface area contributed by atoms with E-state index in [1.165, 1.54) is 12.1 Å². The van der Waals surface area contributed by atoms with Gasteiger partial charge in [0.25, 0.3) is 5.91 Å². The van der Waals surface area contributed by atoms with Crippen LogP contribution in [-0.2, 0) is 4.79 Å². The second-order valence-electron chi connectivity index (χ2n) is 6.15. The molecule has 0 spiro atoms. The largest absolute Gasteiger partial charge is 0.484 e. The van der Waals surface area contributed by atoms with Gasteiger partial charge in [-0.15, -0.1) is 0 Å². The maximum absolute atomic E-state index is 13.0. The smallest absolute Gasteiger partial charge is 0.260 e. The summed E-state index contributed by atoms with van der Waals surface area (Å²) in [7, 11) is 0. The molecule has 1 fully saturated rings. The van der Waals surface area contributed by atoms with Crippen LogP contribution in [0.2, 0.25) is 0 Å². The SMILES string of the molecule is O=C(COc1ccc2c(c1)OCO2)N1CCN(c2ccc(F)cc2)CC1. The lowest BCUT2D eigenvalue weighted by atomic mass is 10.2. The van der Waals surface area contributed by atoms with Gasteiger partial charge >= 0.3 is 0 Å². The molecule has 4 rings (SSSR count). The van der Waals surface area contributed by atoms with Gasteiger partial charge in [0, 0.05) is 37.9 Å². The molecule has 0 radical (unpaired) electrons. The van der Waals surface area contributed by atoms with E-state index in [9.17, 15) is 9.18 Å². The van der Waals surface area contributed by atoms with Gasteiger partial charge in [-0.2, -0.15) is 0 Å². The van der Waals surface area contributed by atoms with Crippen LogP contribution in [0.3, 0.4) is 0 Å². The van der Waals surface area contributed by atoms with Gasteiger partial charge in [0.05, 0.1) is 0 Å². The molecule has 2 aliphatic heterocycles. The molecule has 2 aliphatic rings. The highest BCUT2D eigenvalue weighted by molar-refractivity contribution is 5.78. The van der Waals surface area contributed by atoms with Crippen LogP contribution in [0.15, 0.2) is 42.5 Å². The molecular weight excluding hydrogens is 339 g/mol. The lowest BCUT2D eigenvalue weighted by Crippen LogP contribution is -2.50. The predicted octanol–water partition coefficient (Wildman–Crippen LogP) is 2.28. The molecule has 26 heavy (non-hydrogen) atoms. The maximum atomic E-state index is 13.0. The first kappa shape index (κ1) is 16.5. The van der Waals surface area contributed by atoms with E-state index in [-0.39, 0.29) is 25.1 Å². The fourth-order valence-electron chi connectivity index (χ4n) is 3.07. The van der Waals surface area contributed by atoms with E-state index < -0.39 is 0 Å². The van der Waals surface area contributed by atoms with Crippen molar-refractivity contribution in [3.63, 3.8) is 0 Å². The van der Waals surface area contributed by atoms with Gasteiger partial charge in [-0.3, -0.25) is 4.79 Å². The fraction of sp³-hybridized carbons (Fsp3) is 0.316. The Hall–Kier alpha value is -2.96. The van der Waals surface area contributed by atoms with Gasteiger partial charge in [-0.25, -0.2) is 4.39 Å². The average Bonchev–Trinajstić information content (AvgIpc) is 3.15. The van der Waals surface area contributed by atoms with E-state index in [0.29, 0.717) is 43.4 Å². The maximum Gasteiger partial charge on any atom is 0.260 e. The third kappa shape index (κ3) is 3.51. The van der Waals surface area contributed by atoms with Crippen LogP contribution >= 0.6 is 0 Å². The number of ether oxygens (including phenoxy) is 3. The molecule has 2 aromatic carbocycles. The minimum atomic E-state index is -0.247. The number of nitrogens with zero attached hydrogens (tertiary/aromatic N) is 2. The van der Waals surface area contributed by atoms with E-state index in [2.05, 4.69) is 4.90 Å². The fourth-order valence-corrected chi connectivity index (χ4v) is 3.07. The molecule has 0 N–H and O–H groups in total. The molecule has 136 valence electrons. The first-order valence-electron chi connectivity index (χ1n) is 8.50. The molecule has 1 amide bonds. The van der Waals surface area contributed by atoms with Crippen LogP contribution in [-0.4, -0.2) is 50.4 Å². The minimum Gasteiger partial charge on any atom is -0.484 e. The monoisotopic (exact) mass is 358 g/mol. The molecule has 0 unspecified atom stereocenters. The first-order chi connectivity index (χ1) is 12.7. The van der Waals surface area contributed by atoms with Gasteiger partial charge < -0.3 is 24.0 Å². The molecule has 2 heterocycles. The summed E-state index contributed by atoms with van der Waals surface area (Å²) >= 11 is 0. The molecular formula is C19H19FN2O4. The standard InChI is InChI=1S/C19H19FN2O4/c20-14-1-3-15(4-2-14)21-7-9-22(10-8-21)19(23)12-24-16-5-6-17-18(11-16)26-13-25-17/h1-6,11H,7-10,12-13H2. The van der Waals surface area contributed by atoms with E-state index in [1.807, 2.05) is 0 Å². The zero-order chi connectivity index (χ0) is 17.9. The number of amides is 1. The molecule has 0 atom stereocenters. The van der Waals surface area contributed by atoms with E-state index in [1.54, 1.807) is 35.2 Å². The van der Waals surface area contributed by atoms with E-state index >= 15 is 0 Å². The van der Waals surface area contributed by atoms with Crippen molar-refractivity contribution >= 4 is 11.6 Å². The van der Waals surface area contributed by atoms with Crippen molar-refractivity contribution in [2.75, 3.05) is 44.5 Å². The van der Waals surface area contributed by atoms with Crippen LogP contribution in [0.4, 0.5) is 10.1 Å². The highest BCUT2D eigenvalue weighted by Crippen LogP contribution is 2.35. The third-order valence-corrected chi connectivity index (χ3v) is 4.53. The Bertz CT molecular complexity index is 789. The van der Waals surface area contributed by atoms with Crippen molar-refractivity contribution in [2.45, 2.75) is 0 Å². The van der Waals surface area contributed by atoms with Crippen LogP contribution in [0.25, 0.3) is 0 Å². The Morgan fingerprint density at radius 2 is 1.73 bits per heavy atom. The Morgan fingerprint density at radius 3 is 2.50 bits per heavy atom. The summed E-state index contributed by atoms with van der Waals surface area (Å²) in [5, 5.41) is 0. The number of halogens is 1. The van der Waals surface area contributed by atoms with Crippen LogP contribution in [0, 0.1) is 5.82 Å². The van der Waals surface area contributed by atoms with Crippen LogP contribution in [0.1, 0.15) is 0 Å². The molecule has 0 bridgehead atoms. The number of benzene rings is 2. The van der Waals surface area contributed by atoms with E-state index in [4.69, 9.17) is 14.2 Å². The second-order valence-corrected chi connectivity index (χ2v) is 6.15. The first-order valence-corrected chi connectivity index (χ1v) is 8.50. The highest BCUT2D eigenvalue weighted by Gasteiger charge is 2.22. The van der Waals surface area contributed by atoms with Gasteiger partial charge in [-0.05, 0) is 36.4 Å². The number of carbonyl (C=O) groups excluding carboxylic acids is 1. The molecule has 0 aliphatic carbocycles. The predicted molar refractivity (Wildman–Crippen MR) is 93.3 cm³/mol. The Kier molecular flexibility index (Phi) is 4.51. The number of piperazine rings is 1. The molecule has 0 saturated carbocycles. The van der Waals surface area contributed by atoms with Crippen molar-refractivity contribution in [3.05, 3.63) is 48.3 Å². The number of hydrogen-bond donors (Lipinski definition) is 0. The second kappa shape index (κ2) is 7.11. The summed E-state index contributed by atoms with van der Waals surface area (Å²) in [6.45, 7) is 2.83. The lowest BCUT2D eigenvalue weighted by Gasteiger charge is -2.36. The Balaban J connectivity index is 1.27. The highest BCUT2D eigenvalue weighted by atomic mass is 19.1. The zero-order valence-electron chi connectivity index (χ0n) is 14.2. The van der Waals surface area contributed by atoms with Gasteiger partial charge in [-0.1, -0.05) is 0 Å². The number of carbonyl (C=O) groups is 1. The summed E-state index contributed by atoms with van der Waals surface area (Å²) in [6, 6.07) is 11.7. The summed E-state index contributed by atoms with van der Waals surface area (Å²) in [4.78, 5) is 16.3. The lowest BCUT2D eigenvalue weighted by molar-refractivity contribution is -0.133. The summed E-state index contributed by atoms with van der Waals surface area (Å²) in [6.07, 6.45) is 0. The summed E-state index contributed by atoms with van der Waals surface area (Å²) in [5.41, 5.74) is 0.968. The topological polar surface area (TPSA) is 51.2 Å². The van der Waals surface area contributed by atoms with Crippen LogP contribution in [0.5, 0.6) is 17.2 Å². The average molecular weight is 358 g/mol. The summed E-state index contributed by atoms with van der Waals surface area (Å²) in [5.74, 6) is 1.58. The number of hydrogen-bond acceptors (Lipinski definition) is 5. The minimum absolute atomic E-state index is 0.0177. The summed E-state index contributed by atoms with van der Waals surface area (Å²) < 4.78 is 29.2. The zero-order valence-corrected chi connectivity index (χ0v) is 14.2. The molecule has 6 nitrogen and oxygen atoms in total. The van der Waals surface area contributed by atoms with Gasteiger partial charge in [0.15, 0.2) is 18.1 Å². The van der Waals surface area contributed by atoms with Crippen molar-refractivity contribution < 1.29 is 23.4 Å². The van der Waals surface area contributed by atoms with Crippen molar-refractivity contribution in [1.29, 1.82) is 0 Å². The van der Waals surface area contributed by atoms with Crippen LogP contribution < -0.4 is 19.1 Å². The third-order valence-electron chi connectivity index (χ3n) is 4.53. The van der Waals surface area contributed by atoms with Gasteiger partial charge in [0.2, 0.25) is 6.79 Å². The molecule has 1 saturated heterocycles. The van der Waals surface area contributed by atoms with E-state index in [0.717, 1.165) is 5.69 Å². The molecule has 2 aromatic rings. The molecule has 7 heteroatoms. The van der Waals surface area contributed by atoms with Gasteiger partial charge in [0.1, 0.15) is 11.6 Å². The van der Waals surface area contributed by atoms with Crippen molar-refractivity contribution in [1.82, 2.24) is 4.90 Å². The van der Waals surface area contributed by atoms with Crippen molar-refractivity contribution in [3.8, 4) is 17.2 Å². The Labute approximate surface area is 150 Å².